The van der Waals surface area contributed by atoms with Crippen LogP contribution in [0.3, 0.4) is 0 Å². The summed E-state index contributed by atoms with van der Waals surface area (Å²) in [5.41, 5.74) is 1.16. The van der Waals surface area contributed by atoms with Crippen molar-refractivity contribution < 1.29 is 69.0 Å². The van der Waals surface area contributed by atoms with Gasteiger partial charge in [0.1, 0.15) is 76.6 Å². The number of nitrogens with zero attached hydrogens (tertiary/aromatic N) is 8. The Hall–Kier alpha value is -3.04. The Balaban J connectivity index is -0.000000148. The normalized spacial score (nSPS) is 18.2. The number of rotatable bonds is 7. The van der Waals surface area contributed by atoms with Crippen LogP contribution >= 0.6 is 12.0 Å². The van der Waals surface area contributed by atoms with Crippen LogP contribution in [0, 0.1) is 52.2 Å². The van der Waals surface area contributed by atoms with Crippen molar-refractivity contribution in [2.24, 2.45) is 0 Å². The van der Waals surface area contributed by atoms with Gasteiger partial charge in [0.15, 0.2) is 26.2 Å². The maximum absolute atomic E-state index is 9.43. The van der Waals surface area contributed by atoms with E-state index in [1.165, 1.54) is 0 Å². The molecule has 0 bridgehead atoms. The summed E-state index contributed by atoms with van der Waals surface area (Å²) in [5.74, 6) is 0. The summed E-state index contributed by atoms with van der Waals surface area (Å²) in [6.07, 6.45) is 0. The van der Waals surface area contributed by atoms with E-state index in [0.717, 1.165) is 146 Å². The standard InChI is InChI=1S/4C7H13N2O.C7H8O3S.5CH4.H2O4S/c4*1-9(3-2-8)4-6-10-7-5-9;1-6-2-4-7(5-3-6)11-10-9-8;;;;;;1-5(2,3)4/h4*3-7H2,1H3;2-5,8H,1H3;5*1H4;(H2,1,2,3,4)/q4*+1;;;;;;;/p-1. The Kier molecular flexibility index (Phi) is 44.1. The fraction of sp³-hybridized carbons (Fsp3) is 0.750. The quantitative estimate of drug-likeness (QED) is 0.0989. The molecular formula is C40H81N8O11S2+3. The molecule has 61 heavy (non-hydrogen) atoms. The fourth-order valence-corrected chi connectivity index (χ4v) is 5.45. The molecular weight excluding hydrogens is 833 g/mol. The van der Waals surface area contributed by atoms with Gasteiger partial charge in [-0.25, -0.2) is 0 Å². The number of benzene rings is 1. The highest BCUT2D eigenvalue weighted by atomic mass is 32.3. The van der Waals surface area contributed by atoms with Crippen molar-refractivity contribution in [3.05, 3.63) is 29.8 Å². The topological polar surface area (TPSA) is 248 Å². The molecule has 2 N–H and O–H groups in total. The number of nitriles is 4. The second kappa shape index (κ2) is 38.6. The average molecular weight is 914 g/mol. The maximum atomic E-state index is 9.43. The molecule has 0 radical (unpaired) electrons. The predicted molar refractivity (Wildman–Crippen MR) is 236 cm³/mol. The molecule has 5 rings (SSSR count). The molecule has 356 valence electrons. The van der Waals surface area contributed by atoms with Crippen LogP contribution in [0.25, 0.3) is 0 Å². The minimum absolute atomic E-state index is 0. The summed E-state index contributed by atoms with van der Waals surface area (Å²) in [6, 6.07) is 16.3. The SMILES string of the molecule is C.C.C.C.C.C[N+]1(CC#N)CCOCC1.C[N+]1(CC#N)CCOCC1.C[N+]1(CC#N)CCOCC1.C[N+]1(CC#N)CCOCC1.Cc1ccc(SOO[O-])cc1.O=S(=O)(O)O. The first-order valence-corrected chi connectivity index (χ1v) is 20.1. The van der Waals surface area contributed by atoms with Gasteiger partial charge in [0.25, 0.3) is 0 Å². The molecule has 19 nitrogen and oxygen atoms in total. The number of aryl methyl sites for hydroxylation is 1. The van der Waals surface area contributed by atoms with Crippen LogP contribution in [0.5, 0.6) is 0 Å². The van der Waals surface area contributed by atoms with E-state index in [0.29, 0.717) is 26.2 Å². The third-order valence-corrected chi connectivity index (χ3v) is 9.78. The van der Waals surface area contributed by atoms with Crippen molar-refractivity contribution in [1.29, 1.82) is 21.0 Å². The fourth-order valence-electron chi connectivity index (χ4n) is 5.10. The van der Waals surface area contributed by atoms with Gasteiger partial charge in [0.05, 0.1) is 93.1 Å². The molecule has 1 aromatic carbocycles. The highest BCUT2D eigenvalue weighted by Gasteiger charge is 2.26. The zero-order chi connectivity index (χ0) is 42.4. The summed E-state index contributed by atoms with van der Waals surface area (Å²) in [6.45, 7) is 18.7. The largest absolute Gasteiger partial charge is 0.691 e. The second-order valence-corrected chi connectivity index (χ2v) is 16.1. The molecule has 0 aromatic heterocycles. The van der Waals surface area contributed by atoms with Crippen LogP contribution in [-0.4, -0.2) is 195 Å². The Labute approximate surface area is 374 Å². The lowest BCUT2D eigenvalue weighted by Crippen LogP contribution is -2.52. The molecule has 4 saturated heterocycles. The van der Waals surface area contributed by atoms with Crippen LogP contribution in [0.2, 0.25) is 0 Å². The number of likely N-dealkylation sites (N-methyl/N-ethyl adjacent to an activating group) is 4. The molecule has 4 aliphatic rings. The van der Waals surface area contributed by atoms with Crippen LogP contribution in [-0.2, 0) is 38.7 Å². The summed E-state index contributed by atoms with van der Waals surface area (Å²) in [5, 5.41) is 46.5. The van der Waals surface area contributed by atoms with E-state index < -0.39 is 10.4 Å². The number of hydrogen-bond acceptors (Lipinski definition) is 14. The molecule has 0 spiro atoms. The van der Waals surface area contributed by atoms with Crippen LogP contribution in [0.1, 0.15) is 42.7 Å². The van der Waals surface area contributed by atoms with Crippen molar-refractivity contribution in [3.63, 3.8) is 0 Å². The number of ether oxygens (including phenoxy) is 4. The van der Waals surface area contributed by atoms with Gasteiger partial charge < -0.3 is 42.1 Å². The molecule has 0 unspecified atom stereocenters. The monoisotopic (exact) mass is 914 g/mol. The smallest absolute Gasteiger partial charge is 0.394 e. The van der Waals surface area contributed by atoms with Gasteiger partial charge in [0, 0.05) is 4.90 Å². The zero-order valence-corrected chi connectivity index (χ0v) is 35.0. The third-order valence-electron chi connectivity index (χ3n) is 9.19. The van der Waals surface area contributed by atoms with Gasteiger partial charge in [-0.1, -0.05) is 54.8 Å². The molecule has 4 aliphatic heterocycles. The second-order valence-electron chi connectivity index (χ2n) is 14.5. The summed E-state index contributed by atoms with van der Waals surface area (Å²) in [4.78, 5) is 0.839. The Morgan fingerprint density at radius 2 is 0.787 bits per heavy atom. The molecule has 4 fully saturated rings. The lowest BCUT2D eigenvalue weighted by molar-refractivity contribution is -0.910. The molecule has 4 heterocycles. The minimum atomic E-state index is -4.67. The van der Waals surface area contributed by atoms with E-state index in [1.807, 2.05) is 31.2 Å². The van der Waals surface area contributed by atoms with Gasteiger partial charge in [-0.2, -0.15) is 33.8 Å². The van der Waals surface area contributed by atoms with Crippen molar-refractivity contribution in [1.82, 2.24) is 0 Å². The van der Waals surface area contributed by atoms with E-state index in [-0.39, 0.29) is 37.1 Å². The van der Waals surface area contributed by atoms with Gasteiger partial charge in [0.2, 0.25) is 0 Å². The van der Waals surface area contributed by atoms with Crippen molar-refractivity contribution >= 4 is 22.4 Å². The number of hydrogen-bond donors (Lipinski definition) is 2. The predicted octanol–water partition coefficient (Wildman–Crippen LogP) is 3.70. The van der Waals surface area contributed by atoms with Gasteiger partial charge in [-0.15, -0.1) is 0 Å². The van der Waals surface area contributed by atoms with Crippen molar-refractivity contribution in [2.45, 2.75) is 49.0 Å². The summed E-state index contributed by atoms with van der Waals surface area (Å²) < 4.78 is 59.9. The lowest BCUT2D eigenvalue weighted by Gasteiger charge is -2.35. The highest BCUT2D eigenvalue weighted by Crippen LogP contribution is 2.18. The molecule has 0 saturated carbocycles. The van der Waals surface area contributed by atoms with Crippen molar-refractivity contribution in [3.8, 4) is 24.3 Å². The first-order chi connectivity index (χ1) is 26.4. The summed E-state index contributed by atoms with van der Waals surface area (Å²) in [7, 11) is 3.75. The van der Waals surface area contributed by atoms with Crippen LogP contribution < -0.4 is 5.26 Å². The van der Waals surface area contributed by atoms with E-state index in [2.05, 4.69) is 61.8 Å². The van der Waals surface area contributed by atoms with E-state index in [1.54, 1.807) is 0 Å². The maximum Gasteiger partial charge on any atom is 0.394 e. The summed E-state index contributed by atoms with van der Waals surface area (Å²) >= 11 is 0.894. The van der Waals surface area contributed by atoms with Crippen LogP contribution in [0.4, 0.5) is 0 Å². The first kappa shape index (κ1) is 69.7. The molecule has 0 aliphatic carbocycles. The third kappa shape index (κ3) is 38.4. The van der Waals surface area contributed by atoms with E-state index in [4.69, 9.17) is 57.5 Å². The van der Waals surface area contributed by atoms with E-state index >= 15 is 0 Å². The molecule has 21 heteroatoms. The molecule has 0 amide bonds. The molecule has 0 atom stereocenters. The van der Waals surface area contributed by atoms with Gasteiger partial charge in [-0.05, 0) is 19.1 Å². The first-order valence-electron chi connectivity index (χ1n) is 17.9. The van der Waals surface area contributed by atoms with Crippen molar-refractivity contribution in [2.75, 3.05) is 160 Å². The number of quaternary nitrogens is 4. The minimum Gasteiger partial charge on any atom is -0.691 e. The molecule has 1 aromatic rings. The zero-order valence-electron chi connectivity index (χ0n) is 33.4. The average Bonchev–Trinajstić information content (AvgIpc) is 3.13. The number of morpholine rings is 4. The lowest BCUT2D eigenvalue weighted by atomic mass is 10.2. The van der Waals surface area contributed by atoms with E-state index in [9.17, 15) is 5.26 Å². The Morgan fingerprint density at radius 1 is 0.574 bits per heavy atom. The van der Waals surface area contributed by atoms with Gasteiger partial charge >= 0.3 is 10.4 Å². The highest BCUT2D eigenvalue weighted by molar-refractivity contribution is 7.94. The Bertz CT molecular complexity index is 1320. The Morgan fingerprint density at radius 3 is 0.967 bits per heavy atom. The van der Waals surface area contributed by atoms with Crippen LogP contribution in [0.15, 0.2) is 29.2 Å². The van der Waals surface area contributed by atoms with Gasteiger partial charge in [-0.3, -0.25) is 14.1 Å².